The molecule has 0 saturated carbocycles. The highest BCUT2D eigenvalue weighted by Gasteiger charge is 2.27. The Bertz CT molecular complexity index is 479. The Morgan fingerprint density at radius 3 is 2.87 bits per heavy atom. The monoisotopic (exact) mass is 322 g/mol. The molecule has 1 aromatic heterocycles. The van der Waals surface area contributed by atoms with E-state index in [1.807, 2.05) is 37.8 Å². The van der Waals surface area contributed by atoms with Crippen molar-refractivity contribution < 1.29 is 13.9 Å². The van der Waals surface area contributed by atoms with Gasteiger partial charge in [-0.2, -0.15) is 0 Å². The molecular weight excluding hydrogens is 292 g/mol. The number of nitrogens with one attached hydrogen (secondary N) is 1. The highest BCUT2D eigenvalue weighted by atomic mass is 16.6. The van der Waals surface area contributed by atoms with Gasteiger partial charge in [0.15, 0.2) is 0 Å². The maximum Gasteiger partial charge on any atom is 0.410 e. The quantitative estimate of drug-likeness (QED) is 0.906. The predicted molar refractivity (Wildman–Crippen MR) is 90.3 cm³/mol. The van der Waals surface area contributed by atoms with Crippen molar-refractivity contribution >= 4 is 6.09 Å². The summed E-state index contributed by atoms with van der Waals surface area (Å²) in [6.45, 7) is 9.31. The Morgan fingerprint density at radius 1 is 1.48 bits per heavy atom. The van der Waals surface area contributed by atoms with Gasteiger partial charge in [0.25, 0.3) is 0 Å². The van der Waals surface area contributed by atoms with Crippen molar-refractivity contribution in [2.24, 2.45) is 0 Å². The van der Waals surface area contributed by atoms with Crippen molar-refractivity contribution in [3.05, 3.63) is 24.2 Å². The Balaban J connectivity index is 1.97. The van der Waals surface area contributed by atoms with E-state index in [1.54, 1.807) is 6.26 Å². The number of hydrogen-bond donors (Lipinski definition) is 1. The number of carbonyl (C=O) groups excluding carboxylic acids is 1. The van der Waals surface area contributed by atoms with Crippen molar-refractivity contribution in [2.45, 2.75) is 71.1 Å². The summed E-state index contributed by atoms with van der Waals surface area (Å²) >= 11 is 0. The standard InChI is InChI=1S/C18H30N2O3/c1-5-15(16-10-8-12-22-16)19-14-9-6-7-11-20(13-14)17(21)23-18(2,3)4/h8,10,12,14-15,19H,5-7,9,11,13H2,1-4H3. The largest absolute Gasteiger partial charge is 0.468 e. The number of hydrogen-bond acceptors (Lipinski definition) is 4. The summed E-state index contributed by atoms with van der Waals surface area (Å²) in [5.74, 6) is 0.959. The summed E-state index contributed by atoms with van der Waals surface area (Å²) in [4.78, 5) is 14.2. The molecule has 130 valence electrons. The summed E-state index contributed by atoms with van der Waals surface area (Å²) in [5.41, 5.74) is -0.452. The van der Waals surface area contributed by atoms with E-state index in [4.69, 9.17) is 9.15 Å². The normalized spacial score (nSPS) is 20.9. The second kappa shape index (κ2) is 7.86. The molecule has 1 aliphatic rings. The van der Waals surface area contributed by atoms with Gasteiger partial charge in [0, 0.05) is 19.1 Å². The van der Waals surface area contributed by atoms with Crippen molar-refractivity contribution in [3.8, 4) is 0 Å². The minimum absolute atomic E-state index is 0.189. The van der Waals surface area contributed by atoms with Gasteiger partial charge < -0.3 is 19.4 Å². The van der Waals surface area contributed by atoms with Crippen LogP contribution in [0.1, 0.15) is 65.2 Å². The highest BCUT2D eigenvalue weighted by molar-refractivity contribution is 5.68. The van der Waals surface area contributed by atoms with Gasteiger partial charge in [-0.15, -0.1) is 0 Å². The van der Waals surface area contributed by atoms with Gasteiger partial charge in [0.05, 0.1) is 12.3 Å². The molecule has 0 spiro atoms. The van der Waals surface area contributed by atoms with Crippen molar-refractivity contribution in [1.82, 2.24) is 10.2 Å². The zero-order valence-electron chi connectivity index (χ0n) is 14.8. The maximum atomic E-state index is 12.4. The molecule has 2 unspecified atom stereocenters. The van der Waals surface area contributed by atoms with Crippen LogP contribution in [-0.2, 0) is 4.74 Å². The van der Waals surface area contributed by atoms with Crippen molar-refractivity contribution in [3.63, 3.8) is 0 Å². The third-order valence-corrected chi connectivity index (χ3v) is 4.05. The molecule has 1 N–H and O–H groups in total. The number of amides is 1. The van der Waals surface area contributed by atoms with E-state index in [2.05, 4.69) is 12.2 Å². The fourth-order valence-corrected chi connectivity index (χ4v) is 2.95. The molecule has 2 atom stereocenters. The number of nitrogens with zero attached hydrogens (tertiary/aromatic N) is 1. The third kappa shape index (κ3) is 5.57. The Kier molecular flexibility index (Phi) is 6.10. The van der Waals surface area contributed by atoms with E-state index in [0.717, 1.165) is 38.0 Å². The van der Waals surface area contributed by atoms with E-state index in [9.17, 15) is 4.79 Å². The Morgan fingerprint density at radius 2 is 2.26 bits per heavy atom. The number of ether oxygens (including phenoxy) is 1. The summed E-state index contributed by atoms with van der Waals surface area (Å²) in [6.07, 6.45) is 5.66. The fourth-order valence-electron chi connectivity index (χ4n) is 2.95. The van der Waals surface area contributed by atoms with E-state index in [1.165, 1.54) is 0 Å². The molecule has 0 radical (unpaired) electrons. The molecule has 2 rings (SSSR count). The Hall–Kier alpha value is -1.49. The molecule has 1 fully saturated rings. The predicted octanol–water partition coefficient (Wildman–Crippen LogP) is 4.11. The first-order valence-electron chi connectivity index (χ1n) is 8.66. The van der Waals surface area contributed by atoms with Crippen LogP contribution in [0.3, 0.4) is 0 Å². The van der Waals surface area contributed by atoms with Crippen LogP contribution in [0.25, 0.3) is 0 Å². The smallest absolute Gasteiger partial charge is 0.410 e. The molecule has 1 aromatic rings. The van der Waals surface area contributed by atoms with Crippen molar-refractivity contribution in [2.75, 3.05) is 13.1 Å². The lowest BCUT2D eigenvalue weighted by Crippen LogP contribution is -2.45. The lowest BCUT2D eigenvalue weighted by Gasteiger charge is -2.30. The Labute approximate surface area is 139 Å². The van der Waals surface area contributed by atoms with Gasteiger partial charge in [-0.1, -0.05) is 13.3 Å². The van der Waals surface area contributed by atoms with Crippen LogP contribution in [0.4, 0.5) is 4.79 Å². The molecule has 1 saturated heterocycles. The topological polar surface area (TPSA) is 54.7 Å². The molecule has 5 nitrogen and oxygen atoms in total. The lowest BCUT2D eigenvalue weighted by molar-refractivity contribution is 0.0241. The third-order valence-electron chi connectivity index (χ3n) is 4.05. The average molecular weight is 322 g/mol. The van der Waals surface area contributed by atoms with Gasteiger partial charge in [-0.25, -0.2) is 4.79 Å². The summed E-state index contributed by atoms with van der Waals surface area (Å²) < 4.78 is 11.1. The number of rotatable bonds is 4. The average Bonchev–Trinajstić information content (AvgIpc) is 2.89. The van der Waals surface area contributed by atoms with Crippen LogP contribution in [0.15, 0.2) is 22.8 Å². The molecule has 1 aliphatic heterocycles. The second-order valence-corrected chi connectivity index (χ2v) is 7.26. The lowest BCUT2D eigenvalue weighted by atomic mass is 10.1. The van der Waals surface area contributed by atoms with E-state index < -0.39 is 5.60 Å². The highest BCUT2D eigenvalue weighted by Crippen LogP contribution is 2.21. The molecule has 0 bridgehead atoms. The summed E-state index contributed by atoms with van der Waals surface area (Å²) in [5, 5.41) is 3.65. The van der Waals surface area contributed by atoms with Gasteiger partial charge in [0.1, 0.15) is 11.4 Å². The zero-order valence-corrected chi connectivity index (χ0v) is 14.8. The van der Waals surface area contributed by atoms with Crippen LogP contribution in [-0.4, -0.2) is 35.7 Å². The van der Waals surface area contributed by atoms with Crippen LogP contribution < -0.4 is 5.32 Å². The number of furan rings is 1. The van der Waals surface area contributed by atoms with Gasteiger partial charge in [-0.05, 0) is 52.2 Å². The SMILES string of the molecule is CCC(NC1CCCCN(C(=O)OC(C)(C)C)C1)c1ccco1. The van der Waals surface area contributed by atoms with Gasteiger partial charge in [0.2, 0.25) is 0 Å². The van der Waals surface area contributed by atoms with Gasteiger partial charge in [-0.3, -0.25) is 0 Å². The molecule has 2 heterocycles. The zero-order chi connectivity index (χ0) is 16.9. The molecule has 0 aliphatic carbocycles. The number of carbonyl (C=O) groups is 1. The first-order chi connectivity index (χ1) is 10.9. The van der Waals surface area contributed by atoms with Crippen LogP contribution in [0.5, 0.6) is 0 Å². The molecule has 23 heavy (non-hydrogen) atoms. The summed E-state index contributed by atoms with van der Waals surface area (Å²) in [6, 6.07) is 4.37. The maximum absolute atomic E-state index is 12.4. The molecule has 0 aromatic carbocycles. The van der Waals surface area contributed by atoms with Crippen LogP contribution in [0.2, 0.25) is 0 Å². The first kappa shape index (κ1) is 17.9. The van der Waals surface area contributed by atoms with E-state index >= 15 is 0 Å². The fraction of sp³-hybridized carbons (Fsp3) is 0.722. The van der Waals surface area contributed by atoms with E-state index in [0.29, 0.717) is 6.54 Å². The second-order valence-electron chi connectivity index (χ2n) is 7.26. The van der Waals surface area contributed by atoms with Gasteiger partial charge >= 0.3 is 6.09 Å². The molecule has 5 heteroatoms. The van der Waals surface area contributed by atoms with E-state index in [-0.39, 0.29) is 18.2 Å². The summed E-state index contributed by atoms with van der Waals surface area (Å²) in [7, 11) is 0. The minimum atomic E-state index is -0.452. The first-order valence-corrected chi connectivity index (χ1v) is 8.66. The molecule has 1 amide bonds. The molecular formula is C18H30N2O3. The van der Waals surface area contributed by atoms with Crippen molar-refractivity contribution in [1.29, 1.82) is 0 Å². The van der Waals surface area contributed by atoms with Crippen LogP contribution >= 0.6 is 0 Å². The number of likely N-dealkylation sites (tertiary alicyclic amines) is 1. The van der Waals surface area contributed by atoms with Crippen LogP contribution in [0, 0.1) is 0 Å². The minimum Gasteiger partial charge on any atom is -0.468 e.